The van der Waals surface area contributed by atoms with E-state index in [0.29, 0.717) is 10.8 Å². The van der Waals surface area contributed by atoms with E-state index in [0.717, 1.165) is 5.56 Å². The van der Waals surface area contributed by atoms with Gasteiger partial charge in [-0.3, -0.25) is 4.79 Å². The third-order valence-corrected chi connectivity index (χ3v) is 3.66. The lowest BCUT2D eigenvalue weighted by atomic mass is 10.1. The molecule has 2 N–H and O–H groups in total. The highest BCUT2D eigenvalue weighted by Crippen LogP contribution is 2.15. The van der Waals surface area contributed by atoms with Gasteiger partial charge in [0.2, 0.25) is 5.91 Å². The second-order valence-corrected chi connectivity index (χ2v) is 6.02. The Morgan fingerprint density at radius 1 is 1.32 bits per heavy atom. The Labute approximate surface area is 121 Å². The number of rotatable bonds is 6. The van der Waals surface area contributed by atoms with Crippen LogP contribution in [0.5, 0.6) is 0 Å². The van der Waals surface area contributed by atoms with Crippen LogP contribution in [0.15, 0.2) is 24.3 Å². The van der Waals surface area contributed by atoms with Crippen LogP contribution >= 0.6 is 23.4 Å². The van der Waals surface area contributed by atoms with E-state index >= 15 is 0 Å². The van der Waals surface area contributed by atoms with Crippen molar-refractivity contribution in [2.75, 3.05) is 5.75 Å². The molecule has 104 valence electrons. The first-order chi connectivity index (χ1) is 8.81. The first kappa shape index (κ1) is 15.9. The summed E-state index contributed by atoms with van der Waals surface area (Å²) in [6.45, 7) is 2.91. The van der Waals surface area contributed by atoms with Crippen molar-refractivity contribution in [2.45, 2.75) is 25.1 Å². The van der Waals surface area contributed by atoms with Gasteiger partial charge in [-0.1, -0.05) is 23.7 Å². The molecule has 0 aromatic heterocycles. The van der Waals surface area contributed by atoms with E-state index in [2.05, 4.69) is 5.32 Å². The third-order valence-electron chi connectivity index (χ3n) is 2.40. The molecule has 0 fully saturated rings. The van der Waals surface area contributed by atoms with Crippen LogP contribution in [0.2, 0.25) is 5.02 Å². The van der Waals surface area contributed by atoms with E-state index in [4.69, 9.17) is 16.7 Å². The largest absolute Gasteiger partial charge is 0.480 e. The van der Waals surface area contributed by atoms with Crippen LogP contribution in [0.4, 0.5) is 0 Å². The first-order valence-corrected chi connectivity index (χ1v) is 7.21. The monoisotopic (exact) mass is 301 g/mol. The molecule has 4 nitrogen and oxygen atoms in total. The van der Waals surface area contributed by atoms with Crippen molar-refractivity contribution in [3.63, 3.8) is 0 Å². The number of carbonyl (C=O) groups is 2. The normalized spacial score (nSPS) is 11.1. The third kappa shape index (κ3) is 5.53. The molecule has 1 rings (SSSR count). The van der Waals surface area contributed by atoms with E-state index in [1.165, 1.54) is 25.6 Å². The number of benzene rings is 1. The topological polar surface area (TPSA) is 66.4 Å². The quantitative estimate of drug-likeness (QED) is 0.847. The number of amides is 1. The fourth-order valence-corrected chi connectivity index (χ4v) is 2.19. The van der Waals surface area contributed by atoms with Crippen LogP contribution in [-0.2, 0) is 15.3 Å². The lowest BCUT2D eigenvalue weighted by Crippen LogP contribution is -2.50. The van der Waals surface area contributed by atoms with Gasteiger partial charge in [0.05, 0.1) is 5.75 Å². The number of thioether (sulfide) groups is 1. The molecule has 0 spiro atoms. The molecule has 0 aliphatic heterocycles. The summed E-state index contributed by atoms with van der Waals surface area (Å²) in [5.74, 6) is -0.438. The van der Waals surface area contributed by atoms with Gasteiger partial charge in [0.25, 0.3) is 0 Å². The first-order valence-electron chi connectivity index (χ1n) is 5.68. The predicted molar refractivity (Wildman–Crippen MR) is 77.5 cm³/mol. The molecule has 1 amide bonds. The Bertz CT molecular complexity index is 459. The number of nitrogens with one attached hydrogen (secondary N) is 1. The van der Waals surface area contributed by atoms with Crippen LogP contribution in [-0.4, -0.2) is 28.3 Å². The van der Waals surface area contributed by atoms with Gasteiger partial charge in [-0.2, -0.15) is 0 Å². The van der Waals surface area contributed by atoms with E-state index in [1.54, 1.807) is 12.1 Å². The van der Waals surface area contributed by atoms with Crippen LogP contribution in [0.1, 0.15) is 19.4 Å². The van der Waals surface area contributed by atoms with E-state index in [9.17, 15) is 9.59 Å². The highest BCUT2D eigenvalue weighted by molar-refractivity contribution is 7.99. The van der Waals surface area contributed by atoms with Crippen LogP contribution in [0, 0.1) is 0 Å². The maximum Gasteiger partial charge on any atom is 0.328 e. The molecule has 0 heterocycles. The summed E-state index contributed by atoms with van der Waals surface area (Å²) in [5, 5.41) is 12.0. The Morgan fingerprint density at radius 2 is 1.89 bits per heavy atom. The fourth-order valence-electron chi connectivity index (χ4n) is 1.28. The van der Waals surface area contributed by atoms with Crippen molar-refractivity contribution in [2.24, 2.45) is 0 Å². The second-order valence-electron chi connectivity index (χ2n) is 4.60. The highest BCUT2D eigenvalue weighted by Gasteiger charge is 2.28. The molecular formula is C13H16ClNO3S. The van der Waals surface area contributed by atoms with Gasteiger partial charge in [0.1, 0.15) is 5.54 Å². The molecule has 0 saturated heterocycles. The number of carbonyl (C=O) groups excluding carboxylic acids is 1. The van der Waals surface area contributed by atoms with Gasteiger partial charge >= 0.3 is 5.97 Å². The molecule has 19 heavy (non-hydrogen) atoms. The van der Waals surface area contributed by atoms with Crippen LogP contribution in [0.3, 0.4) is 0 Å². The smallest absolute Gasteiger partial charge is 0.328 e. The van der Waals surface area contributed by atoms with E-state index < -0.39 is 11.5 Å². The molecule has 0 saturated carbocycles. The Morgan fingerprint density at radius 3 is 2.42 bits per heavy atom. The maximum atomic E-state index is 11.6. The second kappa shape index (κ2) is 6.82. The van der Waals surface area contributed by atoms with Gasteiger partial charge in [-0.15, -0.1) is 11.8 Å². The number of aliphatic carboxylic acids is 1. The number of hydrogen-bond donors (Lipinski definition) is 2. The summed E-state index contributed by atoms with van der Waals surface area (Å²) in [7, 11) is 0. The Balaban J connectivity index is 2.35. The number of hydrogen-bond acceptors (Lipinski definition) is 3. The zero-order chi connectivity index (χ0) is 14.5. The van der Waals surface area contributed by atoms with Crippen molar-refractivity contribution < 1.29 is 14.7 Å². The van der Waals surface area contributed by atoms with Crippen molar-refractivity contribution in [3.8, 4) is 0 Å². The highest BCUT2D eigenvalue weighted by atomic mass is 35.5. The minimum Gasteiger partial charge on any atom is -0.480 e. The Kier molecular flexibility index (Phi) is 5.69. The molecule has 0 radical (unpaired) electrons. The van der Waals surface area contributed by atoms with Crippen molar-refractivity contribution in [1.82, 2.24) is 5.32 Å². The molecule has 0 atom stereocenters. The van der Waals surface area contributed by atoms with Gasteiger partial charge < -0.3 is 10.4 Å². The summed E-state index contributed by atoms with van der Waals surface area (Å²) in [5.41, 5.74) is -0.169. The van der Waals surface area contributed by atoms with E-state index in [-0.39, 0.29) is 11.7 Å². The molecule has 0 aliphatic rings. The van der Waals surface area contributed by atoms with E-state index in [1.807, 2.05) is 12.1 Å². The molecule has 1 aromatic rings. The summed E-state index contributed by atoms with van der Waals surface area (Å²) in [4.78, 5) is 22.4. The van der Waals surface area contributed by atoms with Crippen LogP contribution < -0.4 is 5.32 Å². The van der Waals surface area contributed by atoms with Gasteiger partial charge in [-0.25, -0.2) is 4.79 Å². The lowest BCUT2D eigenvalue weighted by molar-refractivity contribution is -0.145. The fraction of sp³-hybridized carbons (Fsp3) is 0.385. The minimum atomic E-state index is -1.24. The molecule has 0 bridgehead atoms. The maximum absolute atomic E-state index is 11.6. The average molecular weight is 302 g/mol. The molecule has 6 heteroatoms. The van der Waals surface area contributed by atoms with Gasteiger partial charge in [-0.05, 0) is 31.5 Å². The van der Waals surface area contributed by atoms with Gasteiger partial charge in [0, 0.05) is 10.8 Å². The zero-order valence-electron chi connectivity index (χ0n) is 10.8. The molecule has 0 aliphatic carbocycles. The summed E-state index contributed by atoms with van der Waals surface area (Å²) in [6.07, 6.45) is 0. The van der Waals surface area contributed by atoms with Crippen LogP contribution in [0.25, 0.3) is 0 Å². The molecular weight excluding hydrogens is 286 g/mol. The number of carboxylic acids is 1. The number of halogens is 1. The number of carboxylic acid groups (broad SMARTS) is 1. The van der Waals surface area contributed by atoms with Gasteiger partial charge in [0.15, 0.2) is 0 Å². The average Bonchev–Trinajstić information content (AvgIpc) is 2.31. The summed E-state index contributed by atoms with van der Waals surface area (Å²) >= 11 is 7.20. The van der Waals surface area contributed by atoms with Crippen molar-refractivity contribution >= 4 is 35.2 Å². The summed E-state index contributed by atoms with van der Waals surface area (Å²) < 4.78 is 0. The van der Waals surface area contributed by atoms with Crippen molar-refractivity contribution in [3.05, 3.63) is 34.9 Å². The molecule has 1 aromatic carbocycles. The Hall–Kier alpha value is -1.20. The van der Waals surface area contributed by atoms with Crippen molar-refractivity contribution in [1.29, 1.82) is 0 Å². The zero-order valence-corrected chi connectivity index (χ0v) is 12.3. The standard InChI is InChI=1S/C13H16ClNO3S/c1-13(2,12(17)18)15-11(16)8-19-7-9-3-5-10(14)6-4-9/h3-6H,7-8H2,1-2H3,(H,15,16)(H,17,18). The molecule has 0 unspecified atom stereocenters. The SMILES string of the molecule is CC(C)(NC(=O)CSCc1ccc(Cl)cc1)C(=O)O. The predicted octanol–water partition coefficient (Wildman–Crippen LogP) is 2.55. The summed E-state index contributed by atoms with van der Waals surface area (Å²) in [6, 6.07) is 7.39. The minimum absolute atomic E-state index is 0.222. The lowest BCUT2D eigenvalue weighted by Gasteiger charge is -2.20.